The van der Waals surface area contributed by atoms with Gasteiger partial charge in [0.1, 0.15) is 11.9 Å². The van der Waals surface area contributed by atoms with Gasteiger partial charge in [-0.05, 0) is 22.0 Å². The molecule has 0 aliphatic carbocycles. The molecule has 0 aliphatic rings. The summed E-state index contributed by atoms with van der Waals surface area (Å²) in [7, 11) is 0. The fraction of sp³-hybridized carbons (Fsp3) is 0. The normalized spacial score (nSPS) is 10.3. The zero-order valence-electron chi connectivity index (χ0n) is 9.51. The molecule has 2 aromatic rings. The van der Waals surface area contributed by atoms with Crippen LogP contribution in [0.2, 0.25) is 10.0 Å². The summed E-state index contributed by atoms with van der Waals surface area (Å²) >= 11 is 15.1. The number of ether oxygens (including phenoxy) is 1. The first kappa shape index (κ1) is 14.8. The summed E-state index contributed by atoms with van der Waals surface area (Å²) in [4.78, 5) is 17.4. The molecule has 2 N–H and O–H groups in total. The van der Waals surface area contributed by atoms with Crippen molar-refractivity contribution in [2.24, 2.45) is 0 Å². The van der Waals surface area contributed by atoms with Gasteiger partial charge in [-0.3, -0.25) is 10.1 Å². The van der Waals surface area contributed by atoms with Gasteiger partial charge in [0.2, 0.25) is 5.95 Å². The molecule has 0 radical (unpaired) electrons. The van der Waals surface area contributed by atoms with Gasteiger partial charge in [0, 0.05) is 10.5 Å². The van der Waals surface area contributed by atoms with Gasteiger partial charge in [-0.2, -0.15) is 4.98 Å². The number of nitrogen functional groups attached to an aromatic ring is 1. The third-order valence-corrected chi connectivity index (χ3v) is 3.62. The lowest BCUT2D eigenvalue weighted by molar-refractivity contribution is -0.386. The first-order valence-electron chi connectivity index (χ1n) is 4.98. The molecular weight excluding hydrogens is 375 g/mol. The van der Waals surface area contributed by atoms with Crippen molar-refractivity contribution in [3.63, 3.8) is 0 Å². The quantitative estimate of drug-likeness (QED) is 0.493. The van der Waals surface area contributed by atoms with Crippen LogP contribution in [-0.4, -0.2) is 14.9 Å². The van der Waals surface area contributed by atoms with E-state index in [1.807, 2.05) is 0 Å². The van der Waals surface area contributed by atoms with Gasteiger partial charge < -0.3 is 10.5 Å². The van der Waals surface area contributed by atoms with E-state index in [1.165, 1.54) is 12.1 Å². The lowest BCUT2D eigenvalue weighted by atomic mass is 10.3. The zero-order chi connectivity index (χ0) is 14.9. The van der Waals surface area contributed by atoms with Crippen molar-refractivity contribution in [3.05, 3.63) is 43.0 Å². The summed E-state index contributed by atoms with van der Waals surface area (Å²) in [6, 6.07) is 2.89. The van der Waals surface area contributed by atoms with Crippen molar-refractivity contribution in [1.82, 2.24) is 9.97 Å². The first-order chi connectivity index (χ1) is 9.38. The topological polar surface area (TPSA) is 104 Å². The highest BCUT2D eigenvalue weighted by Gasteiger charge is 2.20. The summed E-state index contributed by atoms with van der Waals surface area (Å²) in [5, 5.41) is 11.4. The van der Waals surface area contributed by atoms with E-state index in [2.05, 4.69) is 25.9 Å². The molecule has 1 aromatic carbocycles. The van der Waals surface area contributed by atoms with Crippen LogP contribution in [0.15, 0.2) is 22.8 Å². The summed E-state index contributed by atoms with van der Waals surface area (Å²) < 4.78 is 5.87. The van der Waals surface area contributed by atoms with Gasteiger partial charge in [-0.25, -0.2) is 4.98 Å². The summed E-state index contributed by atoms with van der Waals surface area (Å²) in [6.07, 6.45) is 0.950. The van der Waals surface area contributed by atoms with Gasteiger partial charge in [0.05, 0.1) is 15.0 Å². The molecule has 0 aliphatic heterocycles. The SMILES string of the molecule is Nc1ncc([N+](=O)[O-])c(Oc2cc(Cl)c(Br)cc2Cl)n1. The molecule has 0 saturated heterocycles. The number of nitrogens with zero attached hydrogens (tertiary/aromatic N) is 3. The zero-order valence-corrected chi connectivity index (χ0v) is 12.6. The molecule has 2 rings (SSSR count). The van der Waals surface area contributed by atoms with Crippen LogP contribution in [0.3, 0.4) is 0 Å². The average molecular weight is 380 g/mol. The minimum absolute atomic E-state index is 0.112. The lowest BCUT2D eigenvalue weighted by Crippen LogP contribution is -2.01. The molecule has 10 heteroatoms. The molecule has 0 spiro atoms. The highest BCUT2D eigenvalue weighted by molar-refractivity contribution is 9.10. The first-order valence-corrected chi connectivity index (χ1v) is 6.52. The Labute approximate surface area is 131 Å². The largest absolute Gasteiger partial charge is 0.432 e. The van der Waals surface area contributed by atoms with E-state index in [0.717, 1.165) is 6.20 Å². The maximum Gasteiger partial charge on any atom is 0.349 e. The molecular formula is C10H5BrCl2N4O3. The van der Waals surface area contributed by atoms with Crippen LogP contribution < -0.4 is 10.5 Å². The predicted molar refractivity (Wildman–Crippen MR) is 77.3 cm³/mol. The maximum absolute atomic E-state index is 10.9. The van der Waals surface area contributed by atoms with Crippen LogP contribution in [0.1, 0.15) is 0 Å². The Morgan fingerprint density at radius 1 is 1.35 bits per heavy atom. The minimum Gasteiger partial charge on any atom is -0.432 e. The molecule has 1 heterocycles. The maximum atomic E-state index is 10.9. The Bertz CT molecular complexity index is 698. The van der Waals surface area contributed by atoms with Crippen molar-refractivity contribution in [2.45, 2.75) is 0 Å². The molecule has 0 amide bonds. The predicted octanol–water partition coefficient (Wildman–Crippen LogP) is 3.83. The molecule has 0 fully saturated rings. The van der Waals surface area contributed by atoms with Crippen LogP contribution in [0.4, 0.5) is 11.6 Å². The highest BCUT2D eigenvalue weighted by atomic mass is 79.9. The molecule has 0 atom stereocenters. The fourth-order valence-electron chi connectivity index (χ4n) is 1.26. The second-order valence-corrected chi connectivity index (χ2v) is 5.14. The molecule has 20 heavy (non-hydrogen) atoms. The number of benzene rings is 1. The van der Waals surface area contributed by atoms with E-state index in [4.69, 9.17) is 33.7 Å². The van der Waals surface area contributed by atoms with E-state index in [0.29, 0.717) is 9.50 Å². The van der Waals surface area contributed by atoms with E-state index in [1.54, 1.807) is 0 Å². The Kier molecular flexibility index (Phi) is 4.26. The van der Waals surface area contributed by atoms with Crippen molar-refractivity contribution in [1.29, 1.82) is 0 Å². The Balaban J connectivity index is 2.47. The Morgan fingerprint density at radius 3 is 2.70 bits per heavy atom. The van der Waals surface area contributed by atoms with Crippen molar-refractivity contribution in [2.75, 3.05) is 5.73 Å². The lowest BCUT2D eigenvalue weighted by Gasteiger charge is -2.08. The molecule has 1 aromatic heterocycles. The van der Waals surface area contributed by atoms with Crippen molar-refractivity contribution < 1.29 is 9.66 Å². The second kappa shape index (κ2) is 5.78. The standard InChI is InChI=1S/C10H5BrCl2N4O3/c11-4-1-6(13)8(2-5(4)12)20-9-7(17(18)19)3-15-10(14)16-9/h1-3H,(H2,14,15,16). The van der Waals surface area contributed by atoms with Crippen molar-refractivity contribution >= 4 is 50.8 Å². The number of aromatic nitrogens is 2. The second-order valence-electron chi connectivity index (χ2n) is 3.47. The van der Waals surface area contributed by atoms with Gasteiger partial charge in [0.15, 0.2) is 0 Å². The molecule has 0 unspecified atom stereocenters. The average Bonchev–Trinajstić information content (AvgIpc) is 2.35. The van der Waals surface area contributed by atoms with Crippen LogP contribution >= 0.6 is 39.1 Å². The number of rotatable bonds is 3. The third kappa shape index (κ3) is 3.09. The van der Waals surface area contributed by atoms with Crippen LogP contribution in [0, 0.1) is 10.1 Å². The molecule has 0 bridgehead atoms. The van der Waals surface area contributed by atoms with E-state index in [9.17, 15) is 10.1 Å². The Morgan fingerprint density at radius 2 is 2.05 bits per heavy atom. The minimum atomic E-state index is -0.691. The van der Waals surface area contributed by atoms with Gasteiger partial charge in [-0.15, -0.1) is 0 Å². The number of hydrogen-bond donors (Lipinski definition) is 1. The van der Waals surface area contributed by atoms with Crippen LogP contribution in [0.5, 0.6) is 11.6 Å². The molecule has 7 nitrogen and oxygen atoms in total. The summed E-state index contributed by atoms with van der Waals surface area (Å²) in [5.74, 6) is -0.367. The highest BCUT2D eigenvalue weighted by Crippen LogP contribution is 2.38. The molecule has 0 saturated carbocycles. The van der Waals surface area contributed by atoms with Gasteiger partial charge in [0.25, 0.3) is 0 Å². The summed E-state index contributed by atoms with van der Waals surface area (Å²) in [5.41, 5.74) is 4.95. The number of nitro groups is 1. The van der Waals surface area contributed by atoms with Gasteiger partial charge in [-0.1, -0.05) is 23.2 Å². The smallest absolute Gasteiger partial charge is 0.349 e. The third-order valence-electron chi connectivity index (χ3n) is 2.13. The van der Waals surface area contributed by atoms with Crippen LogP contribution in [-0.2, 0) is 0 Å². The fourth-order valence-corrected chi connectivity index (χ4v) is 2.09. The van der Waals surface area contributed by atoms with Crippen molar-refractivity contribution in [3.8, 4) is 11.6 Å². The summed E-state index contributed by atoms with van der Waals surface area (Å²) in [6.45, 7) is 0. The number of halogens is 3. The van der Waals surface area contributed by atoms with E-state index < -0.39 is 10.6 Å². The number of anilines is 1. The Hall–Kier alpha value is -1.64. The van der Waals surface area contributed by atoms with Crippen LogP contribution in [0.25, 0.3) is 0 Å². The van der Waals surface area contributed by atoms with E-state index in [-0.39, 0.29) is 22.6 Å². The molecule has 104 valence electrons. The van der Waals surface area contributed by atoms with Gasteiger partial charge >= 0.3 is 11.6 Å². The number of hydrogen-bond acceptors (Lipinski definition) is 6. The monoisotopic (exact) mass is 378 g/mol. The number of nitrogens with two attached hydrogens (primary N) is 1. The van der Waals surface area contributed by atoms with E-state index >= 15 is 0 Å².